The number of aromatic nitrogens is 3. The van der Waals surface area contributed by atoms with E-state index in [2.05, 4.69) is 27.3 Å². The lowest BCUT2D eigenvalue weighted by Crippen LogP contribution is -2.36. The maximum atomic E-state index is 12.8. The summed E-state index contributed by atoms with van der Waals surface area (Å²) in [6, 6.07) is 8.24. The van der Waals surface area contributed by atoms with Crippen LogP contribution in [-0.2, 0) is 4.74 Å². The van der Waals surface area contributed by atoms with Gasteiger partial charge in [0.25, 0.3) is 5.91 Å². The van der Waals surface area contributed by atoms with E-state index < -0.39 is 0 Å². The summed E-state index contributed by atoms with van der Waals surface area (Å²) >= 11 is 0. The fourth-order valence-corrected chi connectivity index (χ4v) is 3.90. The lowest BCUT2D eigenvalue weighted by atomic mass is 10.1. The van der Waals surface area contributed by atoms with Crippen LogP contribution in [0.5, 0.6) is 0 Å². The molecule has 138 valence electrons. The molecule has 1 aromatic carbocycles. The van der Waals surface area contributed by atoms with Crippen LogP contribution in [-0.4, -0.2) is 65.2 Å². The van der Waals surface area contributed by atoms with E-state index in [4.69, 9.17) is 4.74 Å². The van der Waals surface area contributed by atoms with Crippen LogP contribution in [0.1, 0.15) is 35.7 Å². The molecule has 2 fully saturated rings. The lowest BCUT2D eigenvalue weighted by Gasteiger charge is -2.33. The number of rotatable bonds is 4. The molecule has 3 heterocycles. The van der Waals surface area contributed by atoms with Crippen molar-refractivity contribution >= 4 is 11.6 Å². The van der Waals surface area contributed by atoms with Crippen molar-refractivity contribution in [3.8, 4) is 0 Å². The monoisotopic (exact) mass is 355 g/mol. The van der Waals surface area contributed by atoms with E-state index in [1.807, 2.05) is 27.9 Å². The molecule has 0 radical (unpaired) electrons. The van der Waals surface area contributed by atoms with Gasteiger partial charge in [-0.1, -0.05) is 5.21 Å². The Hall–Kier alpha value is -2.41. The Labute approximate surface area is 153 Å². The van der Waals surface area contributed by atoms with E-state index in [1.54, 1.807) is 13.3 Å². The van der Waals surface area contributed by atoms with Crippen LogP contribution in [0.15, 0.2) is 36.7 Å². The fraction of sp³-hybridized carbons (Fsp3) is 0.526. The largest absolute Gasteiger partial charge is 0.381 e. The normalized spacial score (nSPS) is 21.3. The number of methoxy groups -OCH3 is 1. The van der Waals surface area contributed by atoms with Crippen LogP contribution >= 0.6 is 0 Å². The zero-order valence-electron chi connectivity index (χ0n) is 15.1. The number of benzene rings is 1. The minimum absolute atomic E-state index is 0.0947. The third-order valence-corrected chi connectivity index (χ3v) is 5.52. The minimum Gasteiger partial charge on any atom is -0.381 e. The van der Waals surface area contributed by atoms with Crippen LogP contribution in [0.4, 0.5) is 5.69 Å². The van der Waals surface area contributed by atoms with Crippen molar-refractivity contribution in [1.82, 2.24) is 19.9 Å². The number of hydrogen-bond acceptors (Lipinski definition) is 5. The minimum atomic E-state index is 0.0947. The molecule has 0 bridgehead atoms. The molecule has 0 spiro atoms. The number of carbonyl (C=O) groups is 1. The number of ether oxygens (including phenoxy) is 1. The SMILES string of the molecule is COC1CCN(c2ccc(C(=O)N3CC[C@H](n4ccnn4)C3)cc2)CC1. The van der Waals surface area contributed by atoms with Crippen molar-refractivity contribution in [3.05, 3.63) is 42.2 Å². The quantitative estimate of drug-likeness (QED) is 0.839. The zero-order valence-corrected chi connectivity index (χ0v) is 15.1. The molecule has 0 aliphatic carbocycles. The van der Waals surface area contributed by atoms with E-state index in [9.17, 15) is 4.79 Å². The Balaban J connectivity index is 1.37. The van der Waals surface area contributed by atoms with Gasteiger partial charge in [0.15, 0.2) is 0 Å². The molecule has 7 nitrogen and oxygen atoms in total. The summed E-state index contributed by atoms with van der Waals surface area (Å²) in [4.78, 5) is 17.1. The molecule has 1 atom stereocenters. The van der Waals surface area contributed by atoms with Gasteiger partial charge in [0.2, 0.25) is 0 Å². The number of carbonyl (C=O) groups excluding carboxylic acids is 1. The van der Waals surface area contributed by atoms with Crippen molar-refractivity contribution in [2.24, 2.45) is 0 Å². The first-order valence-corrected chi connectivity index (χ1v) is 9.27. The van der Waals surface area contributed by atoms with Gasteiger partial charge >= 0.3 is 0 Å². The molecule has 0 saturated carbocycles. The summed E-state index contributed by atoms with van der Waals surface area (Å²) in [6.45, 7) is 3.44. The smallest absolute Gasteiger partial charge is 0.253 e. The summed E-state index contributed by atoms with van der Waals surface area (Å²) in [7, 11) is 1.78. The second-order valence-electron chi connectivity index (χ2n) is 7.05. The number of anilines is 1. The Kier molecular flexibility index (Phi) is 4.88. The highest BCUT2D eigenvalue weighted by Gasteiger charge is 2.28. The Bertz CT molecular complexity index is 723. The van der Waals surface area contributed by atoms with Gasteiger partial charge in [-0.25, -0.2) is 4.68 Å². The molecular formula is C19H25N5O2. The summed E-state index contributed by atoms with van der Waals surface area (Å²) in [6.07, 6.45) is 6.93. The lowest BCUT2D eigenvalue weighted by molar-refractivity contribution is 0.0787. The maximum absolute atomic E-state index is 12.8. The number of nitrogens with zero attached hydrogens (tertiary/aromatic N) is 5. The van der Waals surface area contributed by atoms with E-state index >= 15 is 0 Å². The molecule has 2 aliphatic rings. The first-order chi connectivity index (χ1) is 12.7. The first kappa shape index (κ1) is 17.0. The van der Waals surface area contributed by atoms with Gasteiger partial charge in [0.1, 0.15) is 0 Å². The number of hydrogen-bond donors (Lipinski definition) is 0. The summed E-state index contributed by atoms with van der Waals surface area (Å²) < 4.78 is 7.28. The van der Waals surface area contributed by atoms with Gasteiger partial charge in [-0.15, -0.1) is 5.10 Å². The third kappa shape index (κ3) is 3.44. The summed E-state index contributed by atoms with van der Waals surface area (Å²) in [5.74, 6) is 0.0947. The standard InChI is InChI=1S/C19H25N5O2/c1-26-18-7-11-22(12-8-18)16-4-2-15(3-5-16)19(25)23-10-6-17(14-23)24-13-9-20-21-24/h2-5,9,13,17-18H,6-8,10-12,14H2,1H3/t17-/m0/s1. The topological polar surface area (TPSA) is 63.5 Å². The highest BCUT2D eigenvalue weighted by atomic mass is 16.5. The van der Waals surface area contributed by atoms with Gasteiger partial charge in [-0.3, -0.25) is 4.79 Å². The molecule has 26 heavy (non-hydrogen) atoms. The van der Waals surface area contributed by atoms with Crippen molar-refractivity contribution < 1.29 is 9.53 Å². The molecule has 0 unspecified atom stereocenters. The first-order valence-electron chi connectivity index (χ1n) is 9.27. The van der Waals surface area contributed by atoms with E-state index in [1.165, 1.54) is 5.69 Å². The summed E-state index contributed by atoms with van der Waals surface area (Å²) in [5.41, 5.74) is 1.93. The second-order valence-corrected chi connectivity index (χ2v) is 7.05. The van der Waals surface area contributed by atoms with Gasteiger partial charge < -0.3 is 14.5 Å². The highest BCUT2D eigenvalue weighted by Crippen LogP contribution is 2.24. The average Bonchev–Trinajstić information content (AvgIpc) is 3.39. The van der Waals surface area contributed by atoms with Gasteiger partial charge in [0, 0.05) is 50.7 Å². The van der Waals surface area contributed by atoms with Crippen molar-refractivity contribution in [3.63, 3.8) is 0 Å². The maximum Gasteiger partial charge on any atom is 0.253 e. The molecule has 2 aromatic rings. The van der Waals surface area contributed by atoms with Crippen LogP contribution in [0.25, 0.3) is 0 Å². The molecule has 1 aromatic heterocycles. The number of piperidine rings is 1. The van der Waals surface area contributed by atoms with E-state index in [0.29, 0.717) is 12.6 Å². The van der Waals surface area contributed by atoms with Crippen LogP contribution in [0.3, 0.4) is 0 Å². The predicted molar refractivity (Wildman–Crippen MR) is 98.3 cm³/mol. The molecule has 2 aliphatic heterocycles. The number of likely N-dealkylation sites (tertiary alicyclic amines) is 1. The molecule has 7 heteroatoms. The molecule has 2 saturated heterocycles. The number of amides is 1. The predicted octanol–water partition coefficient (Wildman–Crippen LogP) is 1.98. The zero-order chi connectivity index (χ0) is 17.9. The van der Waals surface area contributed by atoms with Gasteiger partial charge in [-0.05, 0) is 43.5 Å². The van der Waals surface area contributed by atoms with E-state index in [-0.39, 0.29) is 11.9 Å². The fourth-order valence-electron chi connectivity index (χ4n) is 3.90. The van der Waals surface area contributed by atoms with Gasteiger partial charge in [-0.2, -0.15) is 0 Å². The molecule has 0 N–H and O–H groups in total. The molecule has 1 amide bonds. The Morgan fingerprint density at radius 3 is 2.54 bits per heavy atom. The van der Waals surface area contributed by atoms with Crippen molar-refractivity contribution in [2.75, 3.05) is 38.2 Å². The Morgan fingerprint density at radius 1 is 1.12 bits per heavy atom. The average molecular weight is 355 g/mol. The van der Waals surface area contributed by atoms with Crippen molar-refractivity contribution in [2.45, 2.75) is 31.4 Å². The third-order valence-electron chi connectivity index (χ3n) is 5.52. The van der Waals surface area contributed by atoms with Crippen LogP contribution in [0.2, 0.25) is 0 Å². The van der Waals surface area contributed by atoms with Crippen LogP contribution in [0, 0.1) is 0 Å². The highest BCUT2D eigenvalue weighted by molar-refractivity contribution is 5.94. The molecule has 4 rings (SSSR count). The van der Waals surface area contributed by atoms with Crippen molar-refractivity contribution in [1.29, 1.82) is 0 Å². The van der Waals surface area contributed by atoms with Crippen LogP contribution < -0.4 is 4.90 Å². The van der Waals surface area contributed by atoms with E-state index in [0.717, 1.165) is 44.5 Å². The second kappa shape index (κ2) is 7.45. The molecular weight excluding hydrogens is 330 g/mol. The Morgan fingerprint density at radius 2 is 1.88 bits per heavy atom. The van der Waals surface area contributed by atoms with Gasteiger partial charge in [0.05, 0.1) is 18.3 Å². The summed E-state index contributed by atoms with van der Waals surface area (Å²) in [5, 5.41) is 7.91.